The van der Waals surface area contributed by atoms with Gasteiger partial charge in [0, 0.05) is 45.8 Å². The van der Waals surface area contributed by atoms with E-state index >= 15 is 0 Å². The van der Waals surface area contributed by atoms with Gasteiger partial charge < -0.3 is 10.2 Å². The number of nitrogens with zero attached hydrogens (tertiary/aromatic N) is 6. The molecule has 7 nitrogen and oxygen atoms in total. The third kappa shape index (κ3) is 6.77. The Kier molecular flexibility index (Phi) is 9.68. The summed E-state index contributed by atoms with van der Waals surface area (Å²) in [6.45, 7) is 7.80. The topological polar surface area (TPSA) is 61.6 Å². The second-order valence-electron chi connectivity index (χ2n) is 8.17. The van der Waals surface area contributed by atoms with E-state index in [1.807, 2.05) is 11.7 Å². The molecule has 1 atom stereocenters. The van der Waals surface area contributed by atoms with Crippen LogP contribution in [0.1, 0.15) is 36.1 Å². The summed E-state index contributed by atoms with van der Waals surface area (Å²) in [5.74, 6) is 0.971. The van der Waals surface area contributed by atoms with Gasteiger partial charge in [0.25, 0.3) is 0 Å². The van der Waals surface area contributed by atoms with Gasteiger partial charge in [-0.25, -0.2) is 9.67 Å². The van der Waals surface area contributed by atoms with Gasteiger partial charge in [0.2, 0.25) is 0 Å². The molecule has 0 spiro atoms. The van der Waals surface area contributed by atoms with E-state index in [0.29, 0.717) is 6.04 Å². The first-order valence-corrected chi connectivity index (χ1v) is 11.4. The van der Waals surface area contributed by atoms with Gasteiger partial charge in [0.15, 0.2) is 5.96 Å². The van der Waals surface area contributed by atoms with Crippen molar-refractivity contribution in [1.82, 2.24) is 29.9 Å². The first-order valence-electron chi connectivity index (χ1n) is 11.4. The molecule has 1 aromatic heterocycles. The molecular formula is C25H34IN7. The molecule has 2 aromatic carbocycles. The molecule has 3 aromatic rings. The van der Waals surface area contributed by atoms with Crippen LogP contribution in [0.25, 0.3) is 0 Å². The molecule has 8 heteroatoms. The van der Waals surface area contributed by atoms with Gasteiger partial charge in [-0.15, -0.1) is 24.0 Å². The predicted molar refractivity (Wildman–Crippen MR) is 144 cm³/mol. The maximum Gasteiger partial charge on any atom is 0.194 e. The van der Waals surface area contributed by atoms with Gasteiger partial charge >= 0.3 is 0 Å². The van der Waals surface area contributed by atoms with Crippen molar-refractivity contribution in [2.45, 2.75) is 32.5 Å². The van der Waals surface area contributed by atoms with Gasteiger partial charge in [0.05, 0.1) is 6.54 Å². The molecule has 1 saturated heterocycles. The van der Waals surface area contributed by atoms with Crippen LogP contribution in [-0.2, 0) is 13.1 Å². The van der Waals surface area contributed by atoms with E-state index in [1.165, 1.54) is 16.7 Å². The minimum Gasteiger partial charge on any atom is -0.352 e. The smallest absolute Gasteiger partial charge is 0.194 e. The molecule has 2 heterocycles. The highest BCUT2D eigenvalue weighted by Crippen LogP contribution is 2.25. The van der Waals surface area contributed by atoms with Crippen molar-refractivity contribution in [3.05, 3.63) is 83.9 Å². The number of halogens is 1. The average Bonchev–Trinajstić information content (AvgIpc) is 3.35. The number of guanidine groups is 1. The Morgan fingerprint density at radius 1 is 1.03 bits per heavy atom. The lowest BCUT2D eigenvalue weighted by Gasteiger charge is -2.40. The highest BCUT2D eigenvalue weighted by atomic mass is 127. The lowest BCUT2D eigenvalue weighted by molar-refractivity contribution is 0.127. The molecule has 33 heavy (non-hydrogen) atoms. The van der Waals surface area contributed by atoms with Crippen molar-refractivity contribution in [3.63, 3.8) is 0 Å². The average molecular weight is 560 g/mol. The zero-order chi connectivity index (χ0) is 22.2. The fraction of sp³-hybridized carbons (Fsp3) is 0.400. The van der Waals surface area contributed by atoms with Crippen molar-refractivity contribution < 1.29 is 0 Å². The summed E-state index contributed by atoms with van der Waals surface area (Å²) in [7, 11) is 1.87. The Bertz CT molecular complexity index is 983. The SMILES string of the molecule is CCC(c1ccccc1)N1CCN(C(=NC)NCc2cccc(Cn3cncn3)c2)CC1.I. The number of rotatable bonds is 7. The summed E-state index contributed by atoms with van der Waals surface area (Å²) >= 11 is 0. The van der Waals surface area contributed by atoms with Crippen LogP contribution in [0.4, 0.5) is 0 Å². The molecule has 0 radical (unpaired) electrons. The largest absolute Gasteiger partial charge is 0.352 e. The van der Waals surface area contributed by atoms with E-state index in [0.717, 1.165) is 51.6 Å². The summed E-state index contributed by atoms with van der Waals surface area (Å²) in [6.07, 6.45) is 4.44. The Hall–Kier alpha value is -2.46. The van der Waals surface area contributed by atoms with E-state index < -0.39 is 0 Å². The van der Waals surface area contributed by atoms with Crippen molar-refractivity contribution in [2.24, 2.45) is 4.99 Å². The predicted octanol–water partition coefficient (Wildman–Crippen LogP) is 3.79. The molecule has 1 aliphatic rings. The fourth-order valence-electron chi connectivity index (χ4n) is 4.48. The molecule has 1 aliphatic heterocycles. The van der Waals surface area contributed by atoms with E-state index in [4.69, 9.17) is 0 Å². The van der Waals surface area contributed by atoms with Crippen LogP contribution in [-0.4, -0.2) is 63.8 Å². The molecule has 0 aliphatic carbocycles. The maximum atomic E-state index is 4.55. The quantitative estimate of drug-likeness (QED) is 0.271. The maximum absolute atomic E-state index is 4.55. The number of piperazine rings is 1. The first-order chi connectivity index (χ1) is 15.8. The minimum atomic E-state index is 0. The molecule has 1 unspecified atom stereocenters. The lowest BCUT2D eigenvalue weighted by atomic mass is 10.0. The Labute approximate surface area is 213 Å². The van der Waals surface area contributed by atoms with Crippen LogP contribution in [0.3, 0.4) is 0 Å². The normalized spacial score (nSPS) is 15.7. The van der Waals surface area contributed by atoms with Gasteiger partial charge in [-0.1, -0.05) is 61.5 Å². The molecule has 0 bridgehead atoms. The van der Waals surface area contributed by atoms with Gasteiger partial charge in [-0.3, -0.25) is 9.89 Å². The van der Waals surface area contributed by atoms with Crippen LogP contribution < -0.4 is 5.32 Å². The summed E-state index contributed by atoms with van der Waals surface area (Å²) in [6, 6.07) is 19.9. The zero-order valence-corrected chi connectivity index (χ0v) is 21.8. The van der Waals surface area contributed by atoms with Crippen LogP contribution in [0.2, 0.25) is 0 Å². The number of aliphatic imine (C=N–C) groups is 1. The number of hydrogen-bond donors (Lipinski definition) is 1. The number of hydrogen-bond acceptors (Lipinski definition) is 4. The number of aromatic nitrogens is 3. The zero-order valence-electron chi connectivity index (χ0n) is 19.5. The Morgan fingerprint density at radius 2 is 1.79 bits per heavy atom. The first kappa shape index (κ1) is 25.2. The van der Waals surface area contributed by atoms with E-state index in [2.05, 4.69) is 91.7 Å². The molecule has 1 fully saturated rings. The van der Waals surface area contributed by atoms with E-state index in [-0.39, 0.29) is 24.0 Å². The number of benzene rings is 2. The van der Waals surface area contributed by atoms with Crippen molar-refractivity contribution in [2.75, 3.05) is 33.2 Å². The highest BCUT2D eigenvalue weighted by molar-refractivity contribution is 14.0. The van der Waals surface area contributed by atoms with Gasteiger partial charge in [-0.2, -0.15) is 5.10 Å². The summed E-state index contributed by atoms with van der Waals surface area (Å²) in [4.78, 5) is 13.5. The second-order valence-corrected chi connectivity index (χ2v) is 8.17. The molecule has 0 amide bonds. The molecular weight excluding hydrogens is 525 g/mol. The van der Waals surface area contributed by atoms with Crippen LogP contribution in [0.15, 0.2) is 72.2 Å². The van der Waals surface area contributed by atoms with Crippen molar-refractivity contribution in [1.29, 1.82) is 0 Å². The minimum absolute atomic E-state index is 0. The highest BCUT2D eigenvalue weighted by Gasteiger charge is 2.25. The fourth-order valence-corrected chi connectivity index (χ4v) is 4.48. The standard InChI is InChI=1S/C25H33N7.HI/c1-3-24(23-10-5-4-6-11-23)30-12-14-31(15-13-30)25(26-2)28-17-21-8-7-9-22(16-21)18-32-20-27-19-29-32;/h4-11,16,19-20,24H,3,12-15,17-18H2,1-2H3,(H,26,28);1H. The second kappa shape index (κ2) is 12.7. The van der Waals surface area contributed by atoms with Gasteiger partial charge in [0.1, 0.15) is 12.7 Å². The van der Waals surface area contributed by atoms with E-state index in [9.17, 15) is 0 Å². The monoisotopic (exact) mass is 559 g/mol. The summed E-state index contributed by atoms with van der Waals surface area (Å²) < 4.78 is 1.84. The molecule has 176 valence electrons. The molecule has 1 N–H and O–H groups in total. The third-order valence-electron chi connectivity index (χ3n) is 6.09. The Balaban J connectivity index is 0.00000306. The third-order valence-corrected chi connectivity index (χ3v) is 6.09. The lowest BCUT2D eigenvalue weighted by Crippen LogP contribution is -2.52. The number of nitrogens with one attached hydrogen (secondary N) is 1. The van der Waals surface area contributed by atoms with Crippen LogP contribution >= 0.6 is 24.0 Å². The van der Waals surface area contributed by atoms with Crippen LogP contribution in [0.5, 0.6) is 0 Å². The van der Waals surface area contributed by atoms with Crippen molar-refractivity contribution >= 4 is 29.9 Å². The molecule has 0 saturated carbocycles. The summed E-state index contributed by atoms with van der Waals surface area (Å²) in [5.41, 5.74) is 3.86. The van der Waals surface area contributed by atoms with Crippen LogP contribution in [0, 0.1) is 0 Å². The van der Waals surface area contributed by atoms with Gasteiger partial charge in [-0.05, 0) is 23.1 Å². The summed E-state index contributed by atoms with van der Waals surface area (Å²) in [5, 5.41) is 7.75. The van der Waals surface area contributed by atoms with Crippen molar-refractivity contribution in [3.8, 4) is 0 Å². The Morgan fingerprint density at radius 3 is 2.45 bits per heavy atom. The molecule has 4 rings (SSSR count). The van der Waals surface area contributed by atoms with E-state index in [1.54, 1.807) is 12.7 Å².